The molecular formula is C34H40N4O2. The Bertz CT molecular complexity index is 1510. The van der Waals surface area contributed by atoms with Crippen molar-refractivity contribution in [2.24, 2.45) is 0 Å². The van der Waals surface area contributed by atoms with Crippen molar-refractivity contribution in [3.05, 3.63) is 88.2 Å². The number of hydrogen-bond donors (Lipinski definition) is 0. The number of methoxy groups -OCH3 is 1. The fourth-order valence-electron chi connectivity index (χ4n) is 6.77. The summed E-state index contributed by atoms with van der Waals surface area (Å²) in [7, 11) is 1.69. The predicted molar refractivity (Wildman–Crippen MR) is 160 cm³/mol. The number of aromatic nitrogens is 2. The minimum absolute atomic E-state index is 0.0992. The van der Waals surface area contributed by atoms with E-state index in [1.165, 1.54) is 37.1 Å². The van der Waals surface area contributed by atoms with Gasteiger partial charge in [-0.05, 0) is 119 Å². The first kappa shape index (κ1) is 26.6. The summed E-state index contributed by atoms with van der Waals surface area (Å²) in [6, 6.07) is 19.0. The Hall–Kier alpha value is -3.64. The van der Waals surface area contributed by atoms with Crippen molar-refractivity contribution in [2.45, 2.75) is 65.5 Å². The molecule has 40 heavy (non-hydrogen) atoms. The number of imidazole rings is 1. The van der Waals surface area contributed by atoms with Crippen molar-refractivity contribution in [3.8, 4) is 11.4 Å². The number of benzene rings is 3. The van der Waals surface area contributed by atoms with E-state index < -0.39 is 0 Å². The molecule has 208 valence electrons. The van der Waals surface area contributed by atoms with Gasteiger partial charge in [0, 0.05) is 24.3 Å². The molecule has 3 heterocycles. The summed E-state index contributed by atoms with van der Waals surface area (Å²) in [6.07, 6.45) is 5.55. The Kier molecular flexibility index (Phi) is 7.37. The fourth-order valence-corrected chi connectivity index (χ4v) is 6.77. The zero-order chi connectivity index (χ0) is 27.8. The smallest absolute Gasteiger partial charge is 0.255 e. The van der Waals surface area contributed by atoms with E-state index >= 15 is 0 Å². The summed E-state index contributed by atoms with van der Waals surface area (Å²) in [4.78, 5) is 24.1. The zero-order valence-electron chi connectivity index (χ0n) is 24.2. The number of aryl methyl sites for hydroxylation is 3. The molecule has 6 rings (SSSR count). The summed E-state index contributed by atoms with van der Waals surface area (Å²) in [5, 5.41) is 0. The van der Waals surface area contributed by atoms with Crippen LogP contribution >= 0.6 is 0 Å². The van der Waals surface area contributed by atoms with Crippen LogP contribution in [0.4, 0.5) is 0 Å². The number of nitrogens with zero attached hydrogens (tertiary/aromatic N) is 4. The molecule has 0 bridgehead atoms. The van der Waals surface area contributed by atoms with E-state index in [4.69, 9.17) is 9.72 Å². The summed E-state index contributed by atoms with van der Waals surface area (Å²) < 4.78 is 7.71. The van der Waals surface area contributed by atoms with Crippen LogP contribution in [0.2, 0.25) is 0 Å². The number of hydrogen-bond acceptors (Lipinski definition) is 4. The average Bonchev–Trinajstić information content (AvgIpc) is 3.60. The first-order valence-electron chi connectivity index (χ1n) is 14.7. The van der Waals surface area contributed by atoms with Crippen LogP contribution in [-0.4, -0.2) is 52.0 Å². The quantitative estimate of drug-likeness (QED) is 0.268. The van der Waals surface area contributed by atoms with E-state index in [-0.39, 0.29) is 11.9 Å². The molecule has 1 unspecified atom stereocenters. The van der Waals surface area contributed by atoms with Crippen molar-refractivity contribution in [2.75, 3.05) is 26.7 Å². The lowest BCUT2D eigenvalue weighted by Crippen LogP contribution is -2.40. The monoisotopic (exact) mass is 536 g/mol. The maximum atomic E-state index is 14.2. The van der Waals surface area contributed by atoms with E-state index in [1.807, 2.05) is 12.1 Å². The lowest BCUT2D eigenvalue weighted by molar-refractivity contribution is 0.0597. The number of piperidine rings is 1. The topological polar surface area (TPSA) is 50.6 Å². The van der Waals surface area contributed by atoms with Gasteiger partial charge in [-0.3, -0.25) is 14.3 Å². The highest BCUT2D eigenvalue weighted by molar-refractivity contribution is 5.97. The summed E-state index contributed by atoms with van der Waals surface area (Å²) in [6.45, 7) is 10.2. The number of carbonyl (C=O) groups is 1. The van der Waals surface area contributed by atoms with Crippen molar-refractivity contribution >= 4 is 16.9 Å². The number of rotatable bonds is 6. The lowest BCUT2D eigenvalue weighted by atomic mass is 9.95. The zero-order valence-corrected chi connectivity index (χ0v) is 24.2. The SMILES string of the molecule is COc1ccc(-n2c(C3CCCCN3C(=O)c3c(C)cc(C)cc3C)nc3cc(CN4CCCC4)ccc32)cc1. The Balaban J connectivity index is 1.45. The first-order chi connectivity index (χ1) is 19.4. The molecule has 6 heteroatoms. The fraction of sp³-hybridized carbons (Fsp3) is 0.412. The van der Waals surface area contributed by atoms with Crippen molar-refractivity contribution in [3.63, 3.8) is 0 Å². The third-order valence-electron chi connectivity index (χ3n) is 8.63. The second-order valence-corrected chi connectivity index (χ2v) is 11.6. The normalized spacial score (nSPS) is 18.0. The molecule has 2 aliphatic heterocycles. The van der Waals surface area contributed by atoms with E-state index in [9.17, 15) is 4.79 Å². The Morgan fingerprint density at radius 3 is 2.30 bits per heavy atom. The van der Waals surface area contributed by atoms with E-state index in [0.717, 1.165) is 77.3 Å². The van der Waals surface area contributed by atoms with Crippen LogP contribution in [0, 0.1) is 20.8 Å². The van der Waals surface area contributed by atoms with Crippen LogP contribution in [0.1, 0.15) is 76.6 Å². The third-order valence-corrected chi connectivity index (χ3v) is 8.63. The third kappa shape index (κ3) is 5.01. The van der Waals surface area contributed by atoms with Gasteiger partial charge in [-0.2, -0.15) is 0 Å². The largest absolute Gasteiger partial charge is 0.497 e. The van der Waals surface area contributed by atoms with Gasteiger partial charge in [0.25, 0.3) is 5.91 Å². The molecule has 4 aromatic rings. The first-order valence-corrected chi connectivity index (χ1v) is 14.7. The molecule has 1 amide bonds. The number of likely N-dealkylation sites (tertiary alicyclic amines) is 2. The molecule has 0 radical (unpaired) electrons. The molecule has 0 spiro atoms. The van der Waals surface area contributed by atoms with Gasteiger partial charge in [0.05, 0.1) is 24.2 Å². The maximum Gasteiger partial charge on any atom is 0.255 e. The van der Waals surface area contributed by atoms with Gasteiger partial charge in [-0.15, -0.1) is 0 Å². The van der Waals surface area contributed by atoms with Crippen LogP contribution in [0.25, 0.3) is 16.7 Å². The van der Waals surface area contributed by atoms with Gasteiger partial charge >= 0.3 is 0 Å². The number of ether oxygens (including phenoxy) is 1. The van der Waals surface area contributed by atoms with Gasteiger partial charge < -0.3 is 9.64 Å². The lowest BCUT2D eigenvalue weighted by Gasteiger charge is -2.36. The highest BCUT2D eigenvalue weighted by atomic mass is 16.5. The maximum absolute atomic E-state index is 14.2. The molecule has 1 aromatic heterocycles. The summed E-state index contributed by atoms with van der Waals surface area (Å²) >= 11 is 0. The average molecular weight is 537 g/mol. The van der Waals surface area contributed by atoms with Crippen molar-refractivity contribution < 1.29 is 9.53 Å². The van der Waals surface area contributed by atoms with E-state index in [1.54, 1.807) is 7.11 Å². The van der Waals surface area contributed by atoms with Crippen LogP contribution in [0.5, 0.6) is 5.75 Å². The minimum Gasteiger partial charge on any atom is -0.497 e. The molecule has 2 fully saturated rings. The van der Waals surface area contributed by atoms with Gasteiger partial charge in [0.2, 0.25) is 0 Å². The number of fused-ring (bicyclic) bond motifs is 1. The van der Waals surface area contributed by atoms with Gasteiger partial charge in [0.15, 0.2) is 0 Å². The minimum atomic E-state index is -0.0992. The molecule has 2 aliphatic rings. The van der Waals surface area contributed by atoms with Crippen molar-refractivity contribution in [1.29, 1.82) is 0 Å². The molecule has 0 aliphatic carbocycles. The van der Waals surface area contributed by atoms with E-state index in [0.29, 0.717) is 0 Å². The molecule has 2 saturated heterocycles. The number of carbonyl (C=O) groups excluding carboxylic acids is 1. The standard InChI is InChI=1S/C34H40N4O2/c1-23-19-24(2)32(25(3)20-23)34(39)37-18-6-5-9-31(37)33-35-29-21-26(22-36-16-7-8-17-36)10-15-30(29)38(33)27-11-13-28(40-4)14-12-27/h10-15,19-21,31H,5-9,16-18,22H2,1-4H3. The highest BCUT2D eigenvalue weighted by Gasteiger charge is 2.34. The second-order valence-electron chi connectivity index (χ2n) is 11.6. The van der Waals surface area contributed by atoms with Crippen LogP contribution in [0.15, 0.2) is 54.6 Å². The molecule has 6 nitrogen and oxygen atoms in total. The van der Waals surface area contributed by atoms with Gasteiger partial charge in [-0.25, -0.2) is 4.98 Å². The molecule has 3 aromatic carbocycles. The van der Waals surface area contributed by atoms with Gasteiger partial charge in [0.1, 0.15) is 11.6 Å². The Morgan fingerprint density at radius 2 is 1.60 bits per heavy atom. The summed E-state index contributed by atoms with van der Waals surface area (Å²) in [5.41, 5.74) is 8.50. The highest BCUT2D eigenvalue weighted by Crippen LogP contribution is 2.37. The van der Waals surface area contributed by atoms with Crippen LogP contribution in [0.3, 0.4) is 0 Å². The molecule has 0 N–H and O–H groups in total. The Labute approximate surface area is 237 Å². The molecule has 1 atom stereocenters. The summed E-state index contributed by atoms with van der Waals surface area (Å²) in [5.74, 6) is 1.87. The van der Waals surface area contributed by atoms with Crippen LogP contribution < -0.4 is 4.74 Å². The second kappa shape index (κ2) is 11.1. The van der Waals surface area contributed by atoms with Gasteiger partial charge in [-0.1, -0.05) is 23.8 Å². The van der Waals surface area contributed by atoms with E-state index in [2.05, 4.69) is 77.6 Å². The Morgan fingerprint density at radius 1 is 0.900 bits per heavy atom. The molecule has 0 saturated carbocycles. The van der Waals surface area contributed by atoms with Crippen LogP contribution in [-0.2, 0) is 6.54 Å². The number of amides is 1. The molecular weight excluding hydrogens is 496 g/mol. The predicted octanol–water partition coefficient (Wildman–Crippen LogP) is 6.92. The van der Waals surface area contributed by atoms with Crippen molar-refractivity contribution in [1.82, 2.24) is 19.4 Å².